The predicted octanol–water partition coefficient (Wildman–Crippen LogP) is 1.69. The maximum atomic E-state index is 6.17. The maximum absolute atomic E-state index is 6.17. The van der Waals surface area contributed by atoms with Crippen molar-refractivity contribution in [3.05, 3.63) is 22.7 Å². The van der Waals surface area contributed by atoms with Gasteiger partial charge in [0.2, 0.25) is 6.79 Å². The van der Waals surface area contributed by atoms with Gasteiger partial charge in [-0.15, -0.1) is 5.10 Å². The van der Waals surface area contributed by atoms with Gasteiger partial charge in [0.15, 0.2) is 11.5 Å². The lowest BCUT2D eigenvalue weighted by molar-refractivity contribution is 0.174. The average molecular weight is 282 g/mol. The number of anilines is 1. The van der Waals surface area contributed by atoms with Crippen LogP contribution in [-0.4, -0.2) is 27.0 Å². The number of halogens is 1. The van der Waals surface area contributed by atoms with Crippen LogP contribution in [0.5, 0.6) is 11.5 Å². The minimum Gasteiger partial charge on any atom is -0.454 e. The second-order valence-electron chi connectivity index (χ2n) is 3.95. The summed E-state index contributed by atoms with van der Waals surface area (Å²) in [4.78, 5) is 1.50. The topological polar surface area (TPSA) is 74.1 Å². The van der Waals surface area contributed by atoms with E-state index in [1.807, 2.05) is 13.0 Å². The highest BCUT2D eigenvalue weighted by atomic mass is 35.5. The molecule has 1 aliphatic rings. The number of aryl methyl sites for hydroxylation is 1. The third-order valence-corrected chi connectivity index (χ3v) is 3.07. The van der Waals surface area contributed by atoms with Crippen LogP contribution < -0.4 is 14.8 Å². The number of nitrogens with one attached hydrogen (secondary N) is 1. The Morgan fingerprint density at radius 3 is 2.89 bits per heavy atom. The van der Waals surface area contributed by atoms with E-state index in [1.165, 1.54) is 4.80 Å². The van der Waals surface area contributed by atoms with E-state index in [9.17, 15) is 0 Å². The summed E-state index contributed by atoms with van der Waals surface area (Å²) < 4.78 is 10.6. The van der Waals surface area contributed by atoms with Gasteiger partial charge in [-0.05, 0) is 23.8 Å². The molecule has 0 spiro atoms. The van der Waals surface area contributed by atoms with Gasteiger partial charge in [-0.1, -0.05) is 16.7 Å². The summed E-state index contributed by atoms with van der Waals surface area (Å²) in [6.07, 6.45) is 0. The van der Waals surface area contributed by atoms with Crippen LogP contribution in [0.15, 0.2) is 12.1 Å². The molecule has 1 aromatic carbocycles. The van der Waals surface area contributed by atoms with Crippen LogP contribution in [0.2, 0.25) is 5.02 Å². The van der Waals surface area contributed by atoms with Gasteiger partial charge >= 0.3 is 0 Å². The second-order valence-corrected chi connectivity index (χ2v) is 4.36. The van der Waals surface area contributed by atoms with E-state index in [-0.39, 0.29) is 6.79 Å². The largest absolute Gasteiger partial charge is 0.454 e. The Hall–Kier alpha value is -2.02. The molecular formula is C11H12ClN5O2. The van der Waals surface area contributed by atoms with Crippen molar-refractivity contribution in [3.8, 4) is 11.5 Å². The Morgan fingerprint density at radius 2 is 2.16 bits per heavy atom. The number of fused-ring (bicyclic) bond motifs is 1. The Morgan fingerprint density at radius 1 is 1.37 bits per heavy atom. The van der Waals surface area contributed by atoms with Gasteiger partial charge in [-0.25, -0.2) is 0 Å². The van der Waals surface area contributed by atoms with Crippen LogP contribution in [0.3, 0.4) is 0 Å². The van der Waals surface area contributed by atoms with Crippen molar-refractivity contribution < 1.29 is 9.47 Å². The Labute approximate surface area is 114 Å². The van der Waals surface area contributed by atoms with Gasteiger partial charge in [-0.2, -0.15) is 4.80 Å². The van der Waals surface area contributed by atoms with Gasteiger partial charge in [0.1, 0.15) is 0 Å². The molecule has 0 bridgehead atoms. The summed E-state index contributed by atoms with van der Waals surface area (Å²) in [5, 5.41) is 15.5. The molecule has 1 aliphatic heterocycles. The van der Waals surface area contributed by atoms with Crippen LogP contribution in [0.25, 0.3) is 0 Å². The van der Waals surface area contributed by atoms with Gasteiger partial charge in [0.05, 0.1) is 6.54 Å². The SMILES string of the molecule is CCn1nnc(NCc2cc3c(cc2Cl)OCO3)n1. The standard InChI is InChI=1S/C11H12ClN5O2/c1-2-17-15-11(14-16-17)13-5-7-3-9-10(4-8(7)12)19-6-18-9/h3-4H,2,5-6H2,1H3,(H,13,15). The van der Waals surface area contributed by atoms with Crippen molar-refractivity contribution in [2.75, 3.05) is 12.1 Å². The molecule has 0 saturated heterocycles. The normalized spacial score (nSPS) is 12.7. The van der Waals surface area contributed by atoms with Crippen LogP contribution in [-0.2, 0) is 13.1 Å². The molecule has 0 unspecified atom stereocenters. The Bertz CT molecular complexity index is 601. The molecule has 1 aromatic heterocycles. The molecular weight excluding hydrogens is 270 g/mol. The van der Waals surface area contributed by atoms with Crippen molar-refractivity contribution >= 4 is 17.5 Å². The fourth-order valence-corrected chi connectivity index (χ4v) is 1.94. The number of ether oxygens (including phenoxy) is 2. The predicted molar refractivity (Wildman–Crippen MR) is 68.4 cm³/mol. The molecule has 8 heteroatoms. The van der Waals surface area contributed by atoms with E-state index >= 15 is 0 Å². The summed E-state index contributed by atoms with van der Waals surface area (Å²) in [5.41, 5.74) is 0.888. The van der Waals surface area contributed by atoms with Crippen LogP contribution in [0.1, 0.15) is 12.5 Å². The first-order valence-electron chi connectivity index (χ1n) is 5.86. The van der Waals surface area contributed by atoms with Crippen molar-refractivity contribution in [2.45, 2.75) is 20.0 Å². The first-order chi connectivity index (χ1) is 9.26. The lowest BCUT2D eigenvalue weighted by Gasteiger charge is -2.06. The highest BCUT2D eigenvalue weighted by molar-refractivity contribution is 6.31. The van der Waals surface area contributed by atoms with Gasteiger partial charge in [0.25, 0.3) is 5.95 Å². The minimum atomic E-state index is 0.231. The number of hydrogen-bond donors (Lipinski definition) is 1. The molecule has 0 atom stereocenters. The molecule has 100 valence electrons. The number of hydrogen-bond acceptors (Lipinski definition) is 6. The Balaban J connectivity index is 1.73. The van der Waals surface area contributed by atoms with E-state index in [4.69, 9.17) is 21.1 Å². The van der Waals surface area contributed by atoms with E-state index in [0.717, 1.165) is 5.56 Å². The number of benzene rings is 1. The highest BCUT2D eigenvalue weighted by Gasteiger charge is 2.16. The summed E-state index contributed by atoms with van der Waals surface area (Å²) >= 11 is 6.17. The van der Waals surface area contributed by atoms with Gasteiger partial charge in [0, 0.05) is 17.6 Å². The zero-order valence-corrected chi connectivity index (χ0v) is 11.0. The van der Waals surface area contributed by atoms with Crippen LogP contribution in [0, 0.1) is 0 Å². The lowest BCUT2D eigenvalue weighted by Crippen LogP contribution is -2.03. The first kappa shape index (κ1) is 12.0. The molecule has 0 aliphatic carbocycles. The van der Waals surface area contributed by atoms with Crippen molar-refractivity contribution in [3.63, 3.8) is 0 Å². The summed E-state index contributed by atoms with van der Waals surface area (Å²) in [7, 11) is 0. The second kappa shape index (κ2) is 4.93. The lowest BCUT2D eigenvalue weighted by atomic mass is 10.2. The van der Waals surface area contributed by atoms with E-state index < -0.39 is 0 Å². The quantitative estimate of drug-likeness (QED) is 0.919. The number of rotatable bonds is 4. The fourth-order valence-electron chi connectivity index (χ4n) is 1.72. The molecule has 2 heterocycles. The molecule has 0 saturated carbocycles. The van der Waals surface area contributed by atoms with Crippen LogP contribution >= 0.6 is 11.6 Å². The molecule has 19 heavy (non-hydrogen) atoms. The molecule has 0 fully saturated rings. The molecule has 2 aromatic rings. The minimum absolute atomic E-state index is 0.231. The molecule has 1 N–H and O–H groups in total. The van der Waals surface area contributed by atoms with Gasteiger partial charge in [-0.3, -0.25) is 0 Å². The maximum Gasteiger partial charge on any atom is 0.263 e. The third kappa shape index (κ3) is 2.41. The smallest absolute Gasteiger partial charge is 0.263 e. The molecule has 0 amide bonds. The van der Waals surface area contributed by atoms with Crippen molar-refractivity contribution in [2.24, 2.45) is 0 Å². The zero-order chi connectivity index (χ0) is 13.2. The van der Waals surface area contributed by atoms with Gasteiger partial charge < -0.3 is 14.8 Å². The third-order valence-electron chi connectivity index (χ3n) is 2.71. The van der Waals surface area contributed by atoms with E-state index in [0.29, 0.717) is 35.6 Å². The average Bonchev–Trinajstić information content (AvgIpc) is 3.03. The zero-order valence-electron chi connectivity index (χ0n) is 10.3. The monoisotopic (exact) mass is 281 g/mol. The van der Waals surface area contributed by atoms with E-state index in [2.05, 4.69) is 20.7 Å². The Kier molecular flexibility index (Phi) is 3.12. The summed E-state index contributed by atoms with van der Waals surface area (Å²) in [5.74, 6) is 1.84. The summed E-state index contributed by atoms with van der Waals surface area (Å²) in [6, 6.07) is 3.60. The molecule has 3 rings (SSSR count). The fraction of sp³-hybridized carbons (Fsp3) is 0.364. The number of aromatic nitrogens is 4. The number of nitrogens with zero attached hydrogens (tertiary/aromatic N) is 4. The number of tetrazole rings is 1. The van der Waals surface area contributed by atoms with E-state index in [1.54, 1.807) is 6.07 Å². The van der Waals surface area contributed by atoms with Crippen molar-refractivity contribution in [1.82, 2.24) is 20.2 Å². The first-order valence-corrected chi connectivity index (χ1v) is 6.23. The van der Waals surface area contributed by atoms with Crippen molar-refractivity contribution in [1.29, 1.82) is 0 Å². The molecule has 0 radical (unpaired) electrons. The summed E-state index contributed by atoms with van der Waals surface area (Å²) in [6.45, 7) is 3.35. The van der Waals surface area contributed by atoms with Crippen LogP contribution in [0.4, 0.5) is 5.95 Å². The molecule has 7 nitrogen and oxygen atoms in total. The highest BCUT2D eigenvalue weighted by Crippen LogP contribution is 2.36.